The fraction of sp³-hybridized carbons (Fsp3) is 0.579. The maximum Gasteiger partial charge on any atom is 0.228 e. The first-order valence-corrected chi connectivity index (χ1v) is 9.15. The topological polar surface area (TPSA) is 59.1 Å². The van der Waals surface area contributed by atoms with Gasteiger partial charge in [0, 0.05) is 31.6 Å². The van der Waals surface area contributed by atoms with Gasteiger partial charge in [0.25, 0.3) is 0 Å². The van der Waals surface area contributed by atoms with Gasteiger partial charge in [0.1, 0.15) is 13.2 Å². The van der Waals surface area contributed by atoms with Crippen LogP contribution in [0.2, 0.25) is 0 Å². The number of hydrogen-bond acceptors (Lipinski definition) is 4. The number of hydrogen-bond donors (Lipinski definition) is 0. The zero-order valence-electron chi connectivity index (χ0n) is 14.6. The predicted octanol–water partition coefficient (Wildman–Crippen LogP) is 1.99. The Kier molecular flexibility index (Phi) is 4.27. The van der Waals surface area contributed by atoms with Crippen LogP contribution in [0.25, 0.3) is 0 Å². The van der Waals surface area contributed by atoms with E-state index >= 15 is 0 Å². The maximum atomic E-state index is 13.1. The molecular formula is C19H24N2O4. The van der Waals surface area contributed by atoms with Gasteiger partial charge in [-0.05, 0) is 25.8 Å². The molecule has 2 atom stereocenters. The van der Waals surface area contributed by atoms with Crippen LogP contribution >= 0.6 is 0 Å². The lowest BCUT2D eigenvalue weighted by Crippen LogP contribution is -2.37. The quantitative estimate of drug-likeness (QED) is 0.841. The van der Waals surface area contributed by atoms with E-state index in [9.17, 15) is 9.59 Å². The van der Waals surface area contributed by atoms with Crippen molar-refractivity contribution in [1.29, 1.82) is 0 Å². The second kappa shape index (κ2) is 6.58. The standard InChI is InChI=1S/C19H24N2O4/c1-2-20-12-13(11-17(20)22)19(23)21-8-4-6-15(21)14-5-3-7-16-18(14)25-10-9-24-16/h3,5,7,13,15H,2,4,6,8-12H2,1H3/t13-,15-/m1/s1. The number of carbonyl (C=O) groups excluding carboxylic acids is 2. The number of carbonyl (C=O) groups is 2. The maximum absolute atomic E-state index is 13.1. The second-order valence-electron chi connectivity index (χ2n) is 6.89. The smallest absolute Gasteiger partial charge is 0.228 e. The minimum Gasteiger partial charge on any atom is -0.486 e. The van der Waals surface area contributed by atoms with Crippen molar-refractivity contribution in [2.24, 2.45) is 5.92 Å². The summed E-state index contributed by atoms with van der Waals surface area (Å²) in [6.45, 7) is 5.00. The molecule has 1 aromatic carbocycles. The SMILES string of the molecule is CCN1C[C@H](C(=O)N2CCC[C@@H]2c2cccc3c2OCCO3)CC1=O. The van der Waals surface area contributed by atoms with Crippen molar-refractivity contribution in [2.45, 2.75) is 32.2 Å². The highest BCUT2D eigenvalue weighted by Gasteiger charge is 2.40. The minimum absolute atomic E-state index is 0.00919. The largest absolute Gasteiger partial charge is 0.486 e. The molecule has 0 saturated carbocycles. The zero-order chi connectivity index (χ0) is 17.4. The van der Waals surface area contributed by atoms with E-state index < -0.39 is 0 Å². The van der Waals surface area contributed by atoms with E-state index in [0.717, 1.165) is 36.4 Å². The van der Waals surface area contributed by atoms with Crippen molar-refractivity contribution in [3.05, 3.63) is 23.8 Å². The van der Waals surface area contributed by atoms with Gasteiger partial charge in [0.05, 0.1) is 12.0 Å². The van der Waals surface area contributed by atoms with Gasteiger partial charge in [-0.1, -0.05) is 12.1 Å². The molecule has 2 saturated heterocycles. The molecule has 2 amide bonds. The number of nitrogens with zero attached hydrogens (tertiary/aromatic N) is 2. The Hall–Kier alpha value is -2.24. The molecule has 0 unspecified atom stereocenters. The molecule has 3 aliphatic rings. The fourth-order valence-corrected chi connectivity index (χ4v) is 4.19. The summed E-state index contributed by atoms with van der Waals surface area (Å²) >= 11 is 0. The zero-order valence-corrected chi connectivity index (χ0v) is 14.6. The molecule has 3 heterocycles. The lowest BCUT2D eigenvalue weighted by molar-refractivity contribution is -0.136. The van der Waals surface area contributed by atoms with Crippen LogP contribution in [0.3, 0.4) is 0 Å². The summed E-state index contributed by atoms with van der Waals surface area (Å²) in [7, 11) is 0. The third-order valence-corrected chi connectivity index (χ3v) is 5.44. The van der Waals surface area contributed by atoms with Crippen molar-refractivity contribution in [3.63, 3.8) is 0 Å². The Morgan fingerprint density at radius 2 is 2.12 bits per heavy atom. The van der Waals surface area contributed by atoms with Crippen LogP contribution in [-0.2, 0) is 9.59 Å². The van der Waals surface area contributed by atoms with Gasteiger partial charge in [0.2, 0.25) is 11.8 Å². The summed E-state index contributed by atoms with van der Waals surface area (Å²) in [5.74, 6) is 1.50. The number of rotatable bonds is 3. The fourth-order valence-electron chi connectivity index (χ4n) is 4.19. The van der Waals surface area contributed by atoms with E-state index in [1.807, 2.05) is 30.0 Å². The van der Waals surface area contributed by atoms with Gasteiger partial charge in [-0.25, -0.2) is 0 Å². The first-order chi connectivity index (χ1) is 12.2. The predicted molar refractivity (Wildman–Crippen MR) is 91.5 cm³/mol. The lowest BCUT2D eigenvalue weighted by atomic mass is 10.0. The molecule has 0 radical (unpaired) electrons. The van der Waals surface area contributed by atoms with E-state index in [1.165, 1.54) is 0 Å². The van der Waals surface area contributed by atoms with Crippen molar-refractivity contribution >= 4 is 11.8 Å². The highest BCUT2D eigenvalue weighted by molar-refractivity contribution is 5.89. The summed E-state index contributed by atoms with van der Waals surface area (Å²) in [6.07, 6.45) is 2.23. The average Bonchev–Trinajstić information content (AvgIpc) is 3.27. The molecule has 4 rings (SSSR count). The highest BCUT2D eigenvalue weighted by atomic mass is 16.6. The first kappa shape index (κ1) is 16.2. The van der Waals surface area contributed by atoms with E-state index in [0.29, 0.717) is 32.7 Å². The van der Waals surface area contributed by atoms with Crippen LogP contribution in [0.4, 0.5) is 0 Å². The molecule has 6 heteroatoms. The summed E-state index contributed by atoms with van der Waals surface area (Å²) < 4.78 is 11.5. The Bertz CT molecular complexity index is 690. The number of fused-ring (bicyclic) bond motifs is 1. The molecule has 0 aliphatic carbocycles. The molecular weight excluding hydrogens is 320 g/mol. The van der Waals surface area contributed by atoms with Crippen LogP contribution in [0.1, 0.15) is 37.8 Å². The van der Waals surface area contributed by atoms with Crippen LogP contribution in [0, 0.1) is 5.92 Å². The normalized spacial score (nSPS) is 25.6. The molecule has 1 aromatic rings. The van der Waals surface area contributed by atoms with Crippen LogP contribution in [0.15, 0.2) is 18.2 Å². The summed E-state index contributed by atoms with van der Waals surface area (Å²) in [6, 6.07) is 5.91. The summed E-state index contributed by atoms with van der Waals surface area (Å²) in [5.41, 5.74) is 1.03. The van der Waals surface area contributed by atoms with Crippen molar-refractivity contribution < 1.29 is 19.1 Å². The summed E-state index contributed by atoms with van der Waals surface area (Å²) in [4.78, 5) is 28.8. The van der Waals surface area contributed by atoms with Gasteiger partial charge in [-0.2, -0.15) is 0 Å². The molecule has 25 heavy (non-hydrogen) atoms. The third-order valence-electron chi connectivity index (χ3n) is 5.44. The molecule has 0 spiro atoms. The monoisotopic (exact) mass is 344 g/mol. The molecule has 0 N–H and O–H groups in total. The second-order valence-corrected chi connectivity index (χ2v) is 6.89. The molecule has 0 aromatic heterocycles. The summed E-state index contributed by atoms with van der Waals surface area (Å²) in [5, 5.41) is 0. The number of para-hydroxylation sites is 1. The molecule has 0 bridgehead atoms. The number of amides is 2. The van der Waals surface area contributed by atoms with Gasteiger partial charge in [-0.3, -0.25) is 9.59 Å². The van der Waals surface area contributed by atoms with E-state index in [4.69, 9.17) is 9.47 Å². The number of ether oxygens (including phenoxy) is 2. The highest BCUT2D eigenvalue weighted by Crippen LogP contribution is 2.43. The Morgan fingerprint density at radius 3 is 2.92 bits per heavy atom. The van der Waals surface area contributed by atoms with Gasteiger partial charge < -0.3 is 19.3 Å². The molecule has 2 fully saturated rings. The third kappa shape index (κ3) is 2.83. The van der Waals surface area contributed by atoms with E-state index in [1.54, 1.807) is 4.90 Å². The minimum atomic E-state index is -0.218. The number of benzene rings is 1. The Morgan fingerprint density at radius 1 is 1.28 bits per heavy atom. The van der Waals surface area contributed by atoms with Crippen LogP contribution < -0.4 is 9.47 Å². The molecule has 6 nitrogen and oxygen atoms in total. The van der Waals surface area contributed by atoms with Crippen molar-refractivity contribution in [2.75, 3.05) is 32.8 Å². The van der Waals surface area contributed by atoms with E-state index in [2.05, 4.69) is 0 Å². The Balaban J connectivity index is 1.57. The van der Waals surface area contributed by atoms with Crippen LogP contribution in [0.5, 0.6) is 11.5 Å². The van der Waals surface area contributed by atoms with Gasteiger partial charge in [0.15, 0.2) is 11.5 Å². The van der Waals surface area contributed by atoms with Crippen molar-refractivity contribution in [1.82, 2.24) is 9.80 Å². The Labute approximate surface area is 147 Å². The number of likely N-dealkylation sites (tertiary alicyclic amines) is 2. The molecule has 3 aliphatic heterocycles. The average molecular weight is 344 g/mol. The lowest BCUT2D eigenvalue weighted by Gasteiger charge is -2.30. The van der Waals surface area contributed by atoms with Gasteiger partial charge in [-0.15, -0.1) is 0 Å². The van der Waals surface area contributed by atoms with E-state index in [-0.39, 0.29) is 23.8 Å². The molecule has 134 valence electrons. The van der Waals surface area contributed by atoms with Crippen molar-refractivity contribution in [3.8, 4) is 11.5 Å². The van der Waals surface area contributed by atoms with Gasteiger partial charge >= 0.3 is 0 Å². The van der Waals surface area contributed by atoms with Crippen LogP contribution in [-0.4, -0.2) is 54.5 Å². The first-order valence-electron chi connectivity index (χ1n) is 9.15.